The molecule has 0 unspecified atom stereocenters. The molecule has 1 atom stereocenters. The summed E-state index contributed by atoms with van der Waals surface area (Å²) in [4.78, 5) is 16.8. The van der Waals surface area contributed by atoms with Gasteiger partial charge in [0.15, 0.2) is 9.84 Å². The third kappa shape index (κ3) is 5.13. The maximum atomic E-state index is 12.4. The van der Waals surface area contributed by atoms with Crippen LogP contribution in [0.2, 0.25) is 0 Å². The minimum absolute atomic E-state index is 0.0354. The lowest BCUT2D eigenvalue weighted by molar-refractivity contribution is -0.123. The molecular weight excluding hydrogens is 366 g/mol. The fourth-order valence-corrected chi connectivity index (χ4v) is 5.92. The number of rotatable bonds is 6. The summed E-state index contributed by atoms with van der Waals surface area (Å²) in [5, 5.41) is 2.93. The molecule has 2 fully saturated rings. The molecule has 2 aliphatic rings. The van der Waals surface area contributed by atoms with Gasteiger partial charge in [0.1, 0.15) is 5.75 Å². The van der Waals surface area contributed by atoms with E-state index in [0.29, 0.717) is 19.6 Å². The van der Waals surface area contributed by atoms with Gasteiger partial charge in [-0.3, -0.25) is 9.69 Å². The van der Waals surface area contributed by atoms with Gasteiger partial charge in [0, 0.05) is 26.2 Å². The lowest BCUT2D eigenvalue weighted by atomic mass is 10.0. The van der Waals surface area contributed by atoms with Crippen LogP contribution < -0.4 is 15.0 Å². The molecule has 2 aliphatic heterocycles. The second kappa shape index (κ2) is 8.06. The molecule has 0 radical (unpaired) electrons. The smallest absolute Gasteiger partial charge is 0.234 e. The SMILES string of the molecule is CCOc1ccccc1N1CCN(CC(=O)N[C@@]2(C)CCS(=O)(=O)C2)CC1. The van der Waals surface area contributed by atoms with E-state index in [9.17, 15) is 13.2 Å². The summed E-state index contributed by atoms with van der Waals surface area (Å²) in [7, 11) is -3.03. The number of amides is 1. The molecule has 27 heavy (non-hydrogen) atoms. The molecule has 7 nitrogen and oxygen atoms in total. The van der Waals surface area contributed by atoms with Crippen LogP contribution in [0.1, 0.15) is 20.3 Å². The third-order valence-corrected chi connectivity index (χ3v) is 7.09. The molecule has 1 aromatic carbocycles. The van der Waals surface area contributed by atoms with E-state index < -0.39 is 15.4 Å². The number of carbonyl (C=O) groups excluding carboxylic acids is 1. The lowest BCUT2D eigenvalue weighted by Crippen LogP contribution is -2.53. The average molecular weight is 396 g/mol. The summed E-state index contributed by atoms with van der Waals surface area (Å²) in [5.74, 6) is 0.981. The van der Waals surface area contributed by atoms with Gasteiger partial charge in [-0.2, -0.15) is 0 Å². The molecule has 1 N–H and O–H groups in total. The predicted octanol–water partition coefficient (Wildman–Crippen LogP) is 0.901. The van der Waals surface area contributed by atoms with Gasteiger partial charge < -0.3 is 15.0 Å². The number of ether oxygens (including phenoxy) is 1. The van der Waals surface area contributed by atoms with Crippen molar-refractivity contribution in [1.29, 1.82) is 0 Å². The molecular formula is C19H29N3O4S. The molecule has 1 amide bonds. The summed E-state index contributed by atoms with van der Waals surface area (Å²) in [6, 6.07) is 8.02. The van der Waals surface area contributed by atoms with Crippen LogP contribution in [0.3, 0.4) is 0 Å². The highest BCUT2D eigenvalue weighted by Crippen LogP contribution is 2.29. The molecule has 8 heteroatoms. The first-order valence-corrected chi connectivity index (χ1v) is 11.3. The molecule has 0 saturated carbocycles. The number of sulfone groups is 1. The Bertz CT molecular complexity index is 775. The van der Waals surface area contributed by atoms with Crippen molar-refractivity contribution in [3.8, 4) is 5.75 Å². The number of nitrogens with zero attached hydrogens (tertiary/aromatic N) is 2. The van der Waals surface area contributed by atoms with Crippen LogP contribution >= 0.6 is 0 Å². The second-order valence-corrected chi connectivity index (χ2v) is 9.80. The minimum Gasteiger partial charge on any atom is -0.492 e. The zero-order valence-electron chi connectivity index (χ0n) is 16.1. The molecule has 2 heterocycles. The first kappa shape index (κ1) is 19.9. The minimum atomic E-state index is -3.03. The summed E-state index contributed by atoms with van der Waals surface area (Å²) < 4.78 is 29.1. The van der Waals surface area contributed by atoms with Gasteiger partial charge in [0.05, 0.1) is 35.9 Å². The van der Waals surface area contributed by atoms with Crippen molar-refractivity contribution < 1.29 is 17.9 Å². The lowest BCUT2D eigenvalue weighted by Gasteiger charge is -2.36. The van der Waals surface area contributed by atoms with Crippen LogP contribution in [0.25, 0.3) is 0 Å². The maximum Gasteiger partial charge on any atom is 0.234 e. The van der Waals surface area contributed by atoms with Gasteiger partial charge in [-0.15, -0.1) is 0 Å². The Balaban J connectivity index is 1.51. The second-order valence-electron chi connectivity index (χ2n) is 7.61. The highest BCUT2D eigenvalue weighted by atomic mass is 32.2. The maximum absolute atomic E-state index is 12.4. The number of nitrogens with one attached hydrogen (secondary N) is 1. The normalized spacial score (nSPS) is 25.3. The molecule has 150 valence electrons. The van der Waals surface area contributed by atoms with E-state index >= 15 is 0 Å². The first-order chi connectivity index (χ1) is 12.8. The average Bonchev–Trinajstić information content (AvgIpc) is 2.89. The Morgan fingerprint density at radius 2 is 1.93 bits per heavy atom. The van der Waals surface area contributed by atoms with E-state index in [1.54, 1.807) is 0 Å². The Labute approximate surface area is 161 Å². The van der Waals surface area contributed by atoms with Crippen LogP contribution in [0.4, 0.5) is 5.69 Å². The molecule has 0 aliphatic carbocycles. The van der Waals surface area contributed by atoms with Gasteiger partial charge >= 0.3 is 0 Å². The number of anilines is 1. The van der Waals surface area contributed by atoms with Gasteiger partial charge in [0.25, 0.3) is 0 Å². The van der Waals surface area contributed by atoms with E-state index in [1.807, 2.05) is 32.0 Å². The van der Waals surface area contributed by atoms with Crippen LogP contribution in [0.15, 0.2) is 24.3 Å². The van der Waals surface area contributed by atoms with Crippen molar-refractivity contribution in [2.75, 3.05) is 55.7 Å². The molecule has 3 rings (SSSR count). The summed E-state index contributed by atoms with van der Waals surface area (Å²) in [5.41, 5.74) is 0.459. The van der Waals surface area contributed by atoms with E-state index in [-0.39, 0.29) is 17.4 Å². The Morgan fingerprint density at radius 3 is 2.56 bits per heavy atom. The third-order valence-electron chi connectivity index (χ3n) is 5.19. The van der Waals surface area contributed by atoms with E-state index in [1.165, 1.54) is 0 Å². The Kier molecular flexibility index (Phi) is 5.95. The largest absolute Gasteiger partial charge is 0.492 e. The van der Waals surface area contributed by atoms with Crippen molar-refractivity contribution in [3.05, 3.63) is 24.3 Å². The highest BCUT2D eigenvalue weighted by Gasteiger charge is 2.39. The number of piperazine rings is 1. The van der Waals surface area contributed by atoms with Gasteiger partial charge in [-0.1, -0.05) is 12.1 Å². The number of hydrogen-bond donors (Lipinski definition) is 1. The van der Waals surface area contributed by atoms with Crippen molar-refractivity contribution in [2.45, 2.75) is 25.8 Å². The summed E-state index contributed by atoms with van der Waals surface area (Å²) in [6.45, 7) is 7.93. The summed E-state index contributed by atoms with van der Waals surface area (Å²) in [6.07, 6.45) is 0.489. The van der Waals surface area contributed by atoms with Crippen LogP contribution in [0.5, 0.6) is 5.75 Å². The quantitative estimate of drug-likeness (QED) is 0.771. The van der Waals surface area contributed by atoms with Gasteiger partial charge in [0.2, 0.25) is 5.91 Å². The van der Waals surface area contributed by atoms with Gasteiger partial charge in [-0.05, 0) is 32.4 Å². The fraction of sp³-hybridized carbons (Fsp3) is 0.632. The van der Waals surface area contributed by atoms with Crippen molar-refractivity contribution in [1.82, 2.24) is 10.2 Å². The van der Waals surface area contributed by atoms with E-state index in [4.69, 9.17) is 4.74 Å². The Morgan fingerprint density at radius 1 is 1.22 bits per heavy atom. The van der Waals surface area contributed by atoms with Crippen molar-refractivity contribution in [3.63, 3.8) is 0 Å². The zero-order chi connectivity index (χ0) is 19.5. The monoisotopic (exact) mass is 395 g/mol. The first-order valence-electron chi connectivity index (χ1n) is 9.51. The number of para-hydroxylation sites is 2. The topological polar surface area (TPSA) is 79.0 Å². The molecule has 0 bridgehead atoms. The molecule has 0 spiro atoms. The standard InChI is InChI=1S/C19H29N3O4S/c1-3-26-17-7-5-4-6-16(17)22-11-9-21(10-12-22)14-18(23)20-19(2)8-13-27(24,25)15-19/h4-7H,3,8-15H2,1-2H3,(H,20,23)/t19-/m0/s1. The fourth-order valence-electron chi connectivity index (χ4n) is 3.83. The van der Waals surface area contributed by atoms with Crippen LogP contribution in [-0.4, -0.2) is 75.6 Å². The van der Waals surface area contributed by atoms with E-state index in [2.05, 4.69) is 21.2 Å². The summed E-state index contributed by atoms with van der Waals surface area (Å²) >= 11 is 0. The molecule has 0 aromatic heterocycles. The van der Waals surface area contributed by atoms with Crippen molar-refractivity contribution >= 4 is 21.4 Å². The molecule has 2 saturated heterocycles. The van der Waals surface area contributed by atoms with Gasteiger partial charge in [-0.25, -0.2) is 8.42 Å². The predicted molar refractivity (Wildman–Crippen MR) is 106 cm³/mol. The van der Waals surface area contributed by atoms with Crippen molar-refractivity contribution in [2.24, 2.45) is 0 Å². The number of benzene rings is 1. The van der Waals surface area contributed by atoms with Crippen LogP contribution in [0, 0.1) is 0 Å². The highest BCUT2D eigenvalue weighted by molar-refractivity contribution is 7.91. The number of carbonyl (C=O) groups is 1. The number of hydrogen-bond acceptors (Lipinski definition) is 6. The van der Waals surface area contributed by atoms with Crippen LogP contribution in [-0.2, 0) is 14.6 Å². The Hall–Kier alpha value is -1.80. The molecule has 1 aromatic rings. The van der Waals surface area contributed by atoms with E-state index in [0.717, 1.165) is 37.6 Å². The zero-order valence-corrected chi connectivity index (χ0v) is 16.9.